The number of imidazole rings is 1. The fraction of sp³-hybridized carbons (Fsp3) is 0.0294. The second-order valence-corrected chi connectivity index (χ2v) is 11.6. The van der Waals surface area contributed by atoms with Crippen LogP contribution >= 0.6 is 0 Å². The van der Waals surface area contributed by atoms with Crippen LogP contribution < -0.4 is 26.4 Å². The molecular formula is C34H31BN2O2S. The number of rotatable bonds is 6. The highest BCUT2D eigenvalue weighted by Gasteiger charge is 2.31. The van der Waals surface area contributed by atoms with Crippen molar-refractivity contribution >= 4 is 38.0 Å². The lowest BCUT2D eigenvalue weighted by Gasteiger charge is -2.44. The van der Waals surface area contributed by atoms with Gasteiger partial charge in [0.25, 0.3) is 6.33 Å². The first kappa shape index (κ1) is 26.9. The molecule has 0 saturated carbocycles. The van der Waals surface area contributed by atoms with E-state index < -0.39 is 16.2 Å². The smallest absolute Gasteiger partial charge is 0.239 e. The van der Waals surface area contributed by atoms with Crippen LogP contribution in [0.25, 0.3) is 0 Å². The van der Waals surface area contributed by atoms with Gasteiger partial charge in [-0.3, -0.25) is 0 Å². The number of nitrogens with zero attached hydrogens (tertiary/aromatic N) is 2. The molecule has 6 aromatic rings. The molecule has 0 N–H and O–H groups in total. The van der Waals surface area contributed by atoms with E-state index in [1.165, 1.54) is 38.3 Å². The minimum Gasteiger partial charge on any atom is -0.239 e. The van der Waals surface area contributed by atoms with Gasteiger partial charge in [0.1, 0.15) is 23.4 Å². The van der Waals surface area contributed by atoms with Crippen LogP contribution in [0.3, 0.4) is 0 Å². The van der Waals surface area contributed by atoms with E-state index >= 15 is 0 Å². The summed E-state index contributed by atoms with van der Waals surface area (Å²) in [6, 6.07) is 51.9. The van der Waals surface area contributed by atoms with Crippen LogP contribution in [-0.2, 0) is 17.1 Å². The summed E-state index contributed by atoms with van der Waals surface area (Å²) >= 11 is 0. The second kappa shape index (κ2) is 12.0. The molecule has 0 amide bonds. The lowest BCUT2D eigenvalue weighted by molar-refractivity contribution is -0.670. The Morgan fingerprint density at radius 3 is 1.15 bits per heavy atom. The Morgan fingerprint density at radius 2 is 0.850 bits per heavy atom. The summed E-state index contributed by atoms with van der Waals surface area (Å²) in [5.41, 5.74) is 5.36. The van der Waals surface area contributed by atoms with E-state index in [0.29, 0.717) is 4.90 Å². The van der Waals surface area contributed by atoms with E-state index in [4.69, 9.17) is 0 Å². The Hall–Kier alpha value is -4.68. The highest BCUT2D eigenvalue weighted by atomic mass is 32.2. The first-order valence-electron chi connectivity index (χ1n) is 13.2. The van der Waals surface area contributed by atoms with Gasteiger partial charge < -0.3 is 0 Å². The fourth-order valence-electron chi connectivity index (χ4n) is 5.41. The van der Waals surface area contributed by atoms with Crippen LogP contribution in [-0.4, -0.2) is 18.5 Å². The molecule has 0 aliphatic rings. The summed E-state index contributed by atoms with van der Waals surface area (Å²) in [7, 11) is -1.65. The second-order valence-electron chi connectivity index (χ2n) is 9.74. The molecule has 0 unspecified atom stereocenters. The molecule has 0 fully saturated rings. The summed E-state index contributed by atoms with van der Waals surface area (Å²) in [6.07, 6.45) is 3.50. The van der Waals surface area contributed by atoms with Crippen molar-refractivity contribution in [3.63, 3.8) is 0 Å². The van der Waals surface area contributed by atoms with Crippen LogP contribution in [0.4, 0.5) is 0 Å². The number of hydrogen-bond donors (Lipinski definition) is 0. The molecule has 0 aliphatic carbocycles. The first-order chi connectivity index (χ1) is 19.5. The summed E-state index contributed by atoms with van der Waals surface area (Å²) < 4.78 is 26.9. The first-order valence-corrected chi connectivity index (χ1v) is 14.7. The van der Waals surface area contributed by atoms with Crippen molar-refractivity contribution in [1.82, 2.24) is 3.97 Å². The van der Waals surface area contributed by atoms with E-state index in [1.54, 1.807) is 48.1 Å². The van der Waals surface area contributed by atoms with Crippen molar-refractivity contribution in [3.05, 3.63) is 170 Å². The number of benzene rings is 5. The minimum atomic E-state index is -3.42. The van der Waals surface area contributed by atoms with E-state index in [0.717, 1.165) is 0 Å². The van der Waals surface area contributed by atoms with E-state index in [1.807, 2.05) is 0 Å². The zero-order valence-corrected chi connectivity index (χ0v) is 23.2. The van der Waals surface area contributed by atoms with Gasteiger partial charge in [0.05, 0.1) is 7.05 Å². The zero-order chi connectivity index (χ0) is 27.8. The largest absolute Gasteiger partial charge is 0.335 e. The van der Waals surface area contributed by atoms with Gasteiger partial charge in [0.2, 0.25) is 0 Å². The van der Waals surface area contributed by atoms with E-state index in [2.05, 4.69) is 121 Å². The lowest BCUT2D eigenvalue weighted by Crippen LogP contribution is -2.74. The Kier molecular flexibility index (Phi) is 8.08. The third-order valence-corrected chi connectivity index (χ3v) is 8.90. The Labute approximate surface area is 236 Å². The highest BCUT2D eigenvalue weighted by molar-refractivity contribution is 7.90. The maximum absolute atomic E-state index is 12.0. The van der Waals surface area contributed by atoms with Gasteiger partial charge in [-0.2, -0.15) is 30.3 Å². The van der Waals surface area contributed by atoms with Crippen molar-refractivity contribution in [2.24, 2.45) is 7.05 Å². The number of aryl methyl sites for hydroxylation is 1. The topological polar surface area (TPSA) is 43.0 Å². The fourth-order valence-corrected chi connectivity index (χ4v) is 6.64. The summed E-state index contributed by atoms with van der Waals surface area (Å²) in [4.78, 5) is 0.293. The molecule has 6 rings (SSSR count). The molecule has 0 atom stereocenters. The molecule has 198 valence electrons. The normalized spacial score (nSPS) is 11.3. The molecule has 6 heteroatoms. The molecule has 1 heterocycles. The third-order valence-electron chi connectivity index (χ3n) is 7.26. The van der Waals surface area contributed by atoms with Crippen molar-refractivity contribution in [1.29, 1.82) is 0 Å². The zero-order valence-electron chi connectivity index (χ0n) is 22.4. The summed E-state index contributed by atoms with van der Waals surface area (Å²) in [5.74, 6) is 0. The molecule has 1 aromatic heterocycles. The van der Waals surface area contributed by atoms with Crippen molar-refractivity contribution in [3.8, 4) is 0 Å². The SMILES string of the molecule is C[n+]1ccn(S(=O)(=O)c2ccccc2)c1.c1ccc([B-](c2ccccc2)(c2ccccc2)c2ccccc2)cc1. The van der Waals surface area contributed by atoms with Gasteiger partial charge in [0, 0.05) is 0 Å². The Morgan fingerprint density at radius 1 is 0.525 bits per heavy atom. The molecule has 0 spiro atoms. The predicted molar refractivity (Wildman–Crippen MR) is 165 cm³/mol. The molecule has 4 nitrogen and oxygen atoms in total. The maximum Gasteiger partial charge on any atom is 0.335 e. The van der Waals surface area contributed by atoms with Gasteiger partial charge in [-0.15, -0.1) is 3.97 Å². The quantitative estimate of drug-likeness (QED) is 0.239. The number of hydrogen-bond acceptors (Lipinski definition) is 2. The van der Waals surface area contributed by atoms with Crippen molar-refractivity contribution in [2.75, 3.05) is 0 Å². The monoisotopic (exact) mass is 542 g/mol. The van der Waals surface area contributed by atoms with Gasteiger partial charge in [-0.25, -0.2) is 4.57 Å². The van der Waals surface area contributed by atoms with Crippen LogP contribution in [0.1, 0.15) is 0 Å². The van der Waals surface area contributed by atoms with Gasteiger partial charge in [-0.1, -0.05) is 140 Å². The molecular weight excluding hydrogens is 511 g/mol. The Bertz CT molecular complexity index is 1580. The van der Waals surface area contributed by atoms with Crippen LogP contribution in [0.5, 0.6) is 0 Å². The number of aromatic nitrogens is 2. The van der Waals surface area contributed by atoms with Crippen LogP contribution in [0.2, 0.25) is 0 Å². The molecule has 0 radical (unpaired) electrons. The average Bonchev–Trinajstić information content (AvgIpc) is 3.48. The highest BCUT2D eigenvalue weighted by Crippen LogP contribution is 2.11. The molecule has 40 heavy (non-hydrogen) atoms. The van der Waals surface area contributed by atoms with Crippen LogP contribution in [0, 0.1) is 0 Å². The van der Waals surface area contributed by atoms with Gasteiger partial charge >= 0.3 is 10.0 Å². The van der Waals surface area contributed by atoms with Gasteiger partial charge in [-0.05, 0) is 12.1 Å². The lowest BCUT2D eigenvalue weighted by atomic mass is 9.13. The third kappa shape index (κ3) is 5.40. The average molecular weight is 543 g/mol. The van der Waals surface area contributed by atoms with Crippen LogP contribution in [0.15, 0.2) is 175 Å². The van der Waals surface area contributed by atoms with Crippen molar-refractivity contribution < 1.29 is 13.0 Å². The molecule has 0 bridgehead atoms. The Balaban J connectivity index is 0.000000184. The predicted octanol–water partition coefficient (Wildman–Crippen LogP) is 3.61. The van der Waals surface area contributed by atoms with E-state index in [-0.39, 0.29) is 0 Å². The molecule has 5 aromatic carbocycles. The van der Waals surface area contributed by atoms with E-state index in [9.17, 15) is 8.42 Å². The molecule has 0 saturated heterocycles. The standard InChI is InChI=1S/C24H20B.C10H11N2O2S/c1-5-13-21(14-6-1)25(22-15-7-2-8-16-22,23-17-9-3-10-18-23)24-19-11-4-12-20-24;1-11-7-8-12(9-11)15(13,14)10-5-3-2-4-6-10/h1-20H;2-9H,1H3/q-1;+1. The maximum atomic E-state index is 12.0. The summed E-state index contributed by atoms with van der Waals surface area (Å²) in [6.45, 7) is 0. The van der Waals surface area contributed by atoms with Gasteiger partial charge in [0.15, 0.2) is 0 Å². The minimum absolute atomic E-state index is 0.293. The molecule has 0 aliphatic heterocycles. The summed E-state index contributed by atoms with van der Waals surface area (Å²) in [5, 5.41) is 0. The van der Waals surface area contributed by atoms with Crippen molar-refractivity contribution in [2.45, 2.75) is 4.90 Å².